The Kier molecular flexibility index (Phi) is 4.53. The highest BCUT2D eigenvalue weighted by Gasteiger charge is 2.29. The number of anilines is 1. The zero-order valence-corrected chi connectivity index (χ0v) is 12.5. The van der Waals surface area contributed by atoms with Crippen LogP contribution in [0.1, 0.15) is 31.2 Å². The smallest absolute Gasteiger partial charge is 0.133 e. The Labute approximate surface area is 122 Å². The van der Waals surface area contributed by atoms with Gasteiger partial charge in [0.1, 0.15) is 5.82 Å². The molecule has 1 aromatic heterocycles. The standard InChI is InChI=1S/C16H26N4/c1-17-12-14-6-5-8-18-16(14)20-11-7-15(13-20)19-9-3-2-4-10-19/h5-6,8,15,17H,2-4,7,9-13H2,1H3. The van der Waals surface area contributed by atoms with Crippen LogP contribution in [0.15, 0.2) is 18.3 Å². The Hall–Kier alpha value is -1.13. The van der Waals surface area contributed by atoms with Crippen molar-refractivity contribution in [3.05, 3.63) is 23.9 Å². The van der Waals surface area contributed by atoms with Crippen LogP contribution in [0.4, 0.5) is 5.82 Å². The molecule has 1 aromatic rings. The summed E-state index contributed by atoms with van der Waals surface area (Å²) in [6.45, 7) is 5.78. The number of pyridine rings is 1. The number of piperidine rings is 1. The fourth-order valence-electron chi connectivity index (χ4n) is 3.56. The molecule has 3 rings (SSSR count). The topological polar surface area (TPSA) is 31.4 Å². The molecule has 110 valence electrons. The highest BCUT2D eigenvalue weighted by atomic mass is 15.3. The van der Waals surface area contributed by atoms with Gasteiger partial charge < -0.3 is 10.2 Å². The predicted molar refractivity (Wildman–Crippen MR) is 83.0 cm³/mol. The lowest BCUT2D eigenvalue weighted by Gasteiger charge is -2.32. The van der Waals surface area contributed by atoms with Gasteiger partial charge in [0, 0.05) is 37.4 Å². The summed E-state index contributed by atoms with van der Waals surface area (Å²) in [5.41, 5.74) is 1.31. The number of nitrogens with zero attached hydrogens (tertiary/aromatic N) is 3. The average molecular weight is 274 g/mol. The van der Waals surface area contributed by atoms with Crippen molar-refractivity contribution in [2.75, 3.05) is 38.1 Å². The van der Waals surface area contributed by atoms with Crippen molar-refractivity contribution in [2.45, 2.75) is 38.3 Å². The second-order valence-electron chi connectivity index (χ2n) is 6.00. The summed E-state index contributed by atoms with van der Waals surface area (Å²) in [5, 5.41) is 3.25. The monoisotopic (exact) mass is 274 g/mol. The van der Waals surface area contributed by atoms with Gasteiger partial charge in [-0.25, -0.2) is 4.98 Å². The van der Waals surface area contributed by atoms with E-state index in [1.807, 2.05) is 19.3 Å². The average Bonchev–Trinajstić information content (AvgIpc) is 2.99. The van der Waals surface area contributed by atoms with Crippen LogP contribution in [0.2, 0.25) is 0 Å². The Balaban J connectivity index is 1.67. The van der Waals surface area contributed by atoms with E-state index in [0.717, 1.165) is 25.7 Å². The molecule has 1 N–H and O–H groups in total. The minimum atomic E-state index is 0.736. The lowest BCUT2D eigenvalue weighted by molar-refractivity contribution is 0.174. The largest absolute Gasteiger partial charge is 0.355 e. The van der Waals surface area contributed by atoms with Crippen LogP contribution in [0.5, 0.6) is 0 Å². The summed E-state index contributed by atoms with van der Waals surface area (Å²) in [4.78, 5) is 9.80. The van der Waals surface area contributed by atoms with E-state index >= 15 is 0 Å². The third kappa shape index (κ3) is 2.96. The number of rotatable bonds is 4. The molecule has 0 spiro atoms. The van der Waals surface area contributed by atoms with Crippen molar-refractivity contribution < 1.29 is 0 Å². The molecule has 0 radical (unpaired) electrons. The Morgan fingerprint density at radius 3 is 2.90 bits per heavy atom. The fraction of sp³-hybridized carbons (Fsp3) is 0.688. The maximum absolute atomic E-state index is 4.63. The van der Waals surface area contributed by atoms with Crippen LogP contribution in [-0.2, 0) is 6.54 Å². The van der Waals surface area contributed by atoms with E-state index in [9.17, 15) is 0 Å². The van der Waals surface area contributed by atoms with E-state index in [4.69, 9.17) is 0 Å². The summed E-state index contributed by atoms with van der Waals surface area (Å²) < 4.78 is 0. The second kappa shape index (κ2) is 6.55. The summed E-state index contributed by atoms with van der Waals surface area (Å²) in [7, 11) is 2.00. The van der Waals surface area contributed by atoms with Crippen molar-refractivity contribution in [1.29, 1.82) is 0 Å². The molecule has 2 aliphatic rings. The maximum atomic E-state index is 4.63. The van der Waals surface area contributed by atoms with Crippen LogP contribution in [0.25, 0.3) is 0 Å². The predicted octanol–water partition coefficient (Wildman–Crippen LogP) is 1.87. The van der Waals surface area contributed by atoms with Gasteiger partial charge in [0.25, 0.3) is 0 Å². The third-order valence-electron chi connectivity index (χ3n) is 4.60. The molecule has 0 amide bonds. The number of likely N-dealkylation sites (tertiary alicyclic amines) is 1. The van der Waals surface area contributed by atoms with Crippen LogP contribution in [0, 0.1) is 0 Å². The number of nitrogens with one attached hydrogen (secondary N) is 1. The van der Waals surface area contributed by atoms with Gasteiger partial charge in [-0.15, -0.1) is 0 Å². The first kappa shape index (κ1) is 13.8. The van der Waals surface area contributed by atoms with Gasteiger partial charge in [0.2, 0.25) is 0 Å². The third-order valence-corrected chi connectivity index (χ3v) is 4.60. The first-order chi connectivity index (χ1) is 9.88. The molecule has 4 nitrogen and oxygen atoms in total. The second-order valence-corrected chi connectivity index (χ2v) is 6.00. The number of aromatic nitrogens is 1. The highest BCUT2D eigenvalue weighted by molar-refractivity contribution is 5.47. The summed E-state index contributed by atoms with van der Waals surface area (Å²) in [5.74, 6) is 1.18. The van der Waals surface area contributed by atoms with Gasteiger partial charge in [-0.1, -0.05) is 12.5 Å². The van der Waals surface area contributed by atoms with E-state index in [1.54, 1.807) is 0 Å². The first-order valence-electron chi connectivity index (χ1n) is 7.96. The summed E-state index contributed by atoms with van der Waals surface area (Å²) in [6.07, 6.45) is 7.38. The summed E-state index contributed by atoms with van der Waals surface area (Å²) >= 11 is 0. The van der Waals surface area contributed by atoms with Crippen molar-refractivity contribution in [1.82, 2.24) is 15.2 Å². The molecule has 3 heterocycles. The molecule has 20 heavy (non-hydrogen) atoms. The van der Waals surface area contributed by atoms with Crippen molar-refractivity contribution in [2.24, 2.45) is 0 Å². The van der Waals surface area contributed by atoms with Crippen molar-refractivity contribution >= 4 is 5.82 Å². The zero-order chi connectivity index (χ0) is 13.8. The molecular weight excluding hydrogens is 248 g/mol. The lowest BCUT2D eigenvalue weighted by atomic mass is 10.1. The SMILES string of the molecule is CNCc1cccnc1N1CCC(N2CCCCC2)C1. The van der Waals surface area contributed by atoms with E-state index < -0.39 is 0 Å². The van der Waals surface area contributed by atoms with Gasteiger partial charge in [0.15, 0.2) is 0 Å². The van der Waals surface area contributed by atoms with E-state index in [-0.39, 0.29) is 0 Å². The Morgan fingerprint density at radius 2 is 2.10 bits per heavy atom. The van der Waals surface area contributed by atoms with Crippen LogP contribution >= 0.6 is 0 Å². The molecule has 2 fully saturated rings. The normalized spacial score (nSPS) is 24.2. The maximum Gasteiger partial charge on any atom is 0.133 e. The zero-order valence-electron chi connectivity index (χ0n) is 12.5. The molecule has 0 aromatic carbocycles. The van der Waals surface area contributed by atoms with Crippen LogP contribution in [-0.4, -0.2) is 49.2 Å². The van der Waals surface area contributed by atoms with Crippen LogP contribution < -0.4 is 10.2 Å². The molecule has 2 saturated heterocycles. The van der Waals surface area contributed by atoms with Gasteiger partial charge in [-0.3, -0.25) is 4.90 Å². The first-order valence-corrected chi connectivity index (χ1v) is 7.96. The minimum Gasteiger partial charge on any atom is -0.355 e. The molecule has 1 unspecified atom stereocenters. The quantitative estimate of drug-likeness (QED) is 0.908. The highest BCUT2D eigenvalue weighted by Crippen LogP contribution is 2.26. The molecule has 0 saturated carbocycles. The van der Waals surface area contributed by atoms with Gasteiger partial charge in [0.05, 0.1) is 0 Å². The van der Waals surface area contributed by atoms with E-state index in [2.05, 4.69) is 26.2 Å². The lowest BCUT2D eigenvalue weighted by Crippen LogP contribution is -2.41. The molecule has 0 aliphatic carbocycles. The Morgan fingerprint density at radius 1 is 1.25 bits per heavy atom. The molecule has 1 atom stereocenters. The Bertz CT molecular complexity index is 428. The van der Waals surface area contributed by atoms with E-state index in [1.165, 1.54) is 50.2 Å². The van der Waals surface area contributed by atoms with E-state index in [0.29, 0.717) is 0 Å². The van der Waals surface area contributed by atoms with Crippen molar-refractivity contribution in [3.63, 3.8) is 0 Å². The fourth-order valence-corrected chi connectivity index (χ4v) is 3.56. The van der Waals surface area contributed by atoms with Gasteiger partial charge >= 0.3 is 0 Å². The van der Waals surface area contributed by atoms with Crippen LogP contribution in [0.3, 0.4) is 0 Å². The number of hydrogen-bond acceptors (Lipinski definition) is 4. The molecule has 4 heteroatoms. The van der Waals surface area contributed by atoms with Crippen molar-refractivity contribution in [3.8, 4) is 0 Å². The molecular formula is C16H26N4. The van der Waals surface area contributed by atoms with Gasteiger partial charge in [-0.2, -0.15) is 0 Å². The molecule has 0 bridgehead atoms. The number of hydrogen-bond donors (Lipinski definition) is 1. The summed E-state index contributed by atoms with van der Waals surface area (Å²) in [6, 6.07) is 4.96. The van der Waals surface area contributed by atoms with Gasteiger partial charge in [-0.05, 0) is 45.5 Å². The minimum absolute atomic E-state index is 0.736. The molecule has 2 aliphatic heterocycles.